The second-order valence-corrected chi connectivity index (χ2v) is 4.60. The highest BCUT2D eigenvalue weighted by molar-refractivity contribution is 4.85. The summed E-state index contributed by atoms with van der Waals surface area (Å²) in [5.74, 6) is 0.972. The predicted octanol–water partition coefficient (Wildman–Crippen LogP) is 1.34. The first-order valence-electron chi connectivity index (χ1n) is 6.18. The van der Waals surface area contributed by atoms with E-state index in [1.54, 1.807) is 7.11 Å². The number of nitrogens with one attached hydrogen (secondary N) is 1. The largest absolute Gasteiger partial charge is 0.383 e. The highest BCUT2D eigenvalue weighted by atomic mass is 16.5. The van der Waals surface area contributed by atoms with Crippen molar-refractivity contribution < 1.29 is 4.74 Å². The van der Waals surface area contributed by atoms with Gasteiger partial charge in [0.25, 0.3) is 0 Å². The van der Waals surface area contributed by atoms with Crippen LogP contribution in [0.4, 0.5) is 0 Å². The van der Waals surface area contributed by atoms with Crippen molar-refractivity contribution in [3.8, 4) is 0 Å². The Morgan fingerprint density at radius 2 is 2.13 bits per heavy atom. The Bertz CT molecular complexity index is 160. The Hall–Kier alpha value is -0.120. The summed E-state index contributed by atoms with van der Waals surface area (Å²) < 4.78 is 5.05. The van der Waals surface area contributed by atoms with Crippen LogP contribution in [0.3, 0.4) is 0 Å². The van der Waals surface area contributed by atoms with Gasteiger partial charge in [-0.15, -0.1) is 0 Å². The van der Waals surface area contributed by atoms with Gasteiger partial charge in [0.2, 0.25) is 0 Å². The van der Waals surface area contributed by atoms with E-state index in [1.807, 2.05) is 0 Å². The van der Waals surface area contributed by atoms with E-state index in [0.717, 1.165) is 38.2 Å². The van der Waals surface area contributed by atoms with Crippen LogP contribution in [0.15, 0.2) is 0 Å². The van der Waals surface area contributed by atoms with Gasteiger partial charge in [0.15, 0.2) is 0 Å². The van der Waals surface area contributed by atoms with E-state index in [0.29, 0.717) is 0 Å². The Balaban J connectivity index is 1.98. The van der Waals surface area contributed by atoms with E-state index in [9.17, 15) is 0 Å². The molecule has 0 radical (unpaired) electrons. The molecule has 0 aromatic rings. The summed E-state index contributed by atoms with van der Waals surface area (Å²) >= 11 is 0. The molecule has 1 unspecified atom stereocenters. The van der Waals surface area contributed by atoms with Gasteiger partial charge in [-0.25, -0.2) is 0 Å². The summed E-state index contributed by atoms with van der Waals surface area (Å²) in [5.41, 5.74) is 0. The molecule has 1 saturated carbocycles. The highest BCUT2D eigenvalue weighted by Crippen LogP contribution is 2.33. The molecule has 0 aromatic carbocycles. The minimum atomic E-state index is 0.765. The van der Waals surface area contributed by atoms with Crippen molar-refractivity contribution in [3.63, 3.8) is 0 Å². The van der Waals surface area contributed by atoms with Crippen LogP contribution in [0.25, 0.3) is 0 Å². The molecule has 1 rings (SSSR count). The molecule has 0 saturated heterocycles. The van der Waals surface area contributed by atoms with E-state index >= 15 is 0 Å². The van der Waals surface area contributed by atoms with Gasteiger partial charge in [0, 0.05) is 32.8 Å². The highest BCUT2D eigenvalue weighted by Gasteiger charge is 2.29. The van der Waals surface area contributed by atoms with Crippen LogP contribution in [0.5, 0.6) is 0 Å². The quantitative estimate of drug-likeness (QED) is 0.627. The van der Waals surface area contributed by atoms with E-state index in [-0.39, 0.29) is 0 Å². The Morgan fingerprint density at radius 1 is 1.40 bits per heavy atom. The minimum Gasteiger partial charge on any atom is -0.383 e. The maximum atomic E-state index is 5.05. The lowest BCUT2D eigenvalue weighted by molar-refractivity contribution is 0.161. The molecule has 0 aromatic heterocycles. The normalized spacial score (nSPS) is 18.4. The third kappa shape index (κ3) is 5.50. The second kappa shape index (κ2) is 7.20. The maximum absolute atomic E-state index is 5.05. The predicted molar refractivity (Wildman–Crippen MR) is 64.2 cm³/mol. The van der Waals surface area contributed by atoms with Crippen molar-refractivity contribution in [1.82, 2.24) is 10.2 Å². The van der Waals surface area contributed by atoms with Crippen molar-refractivity contribution in [2.45, 2.75) is 32.2 Å². The van der Waals surface area contributed by atoms with Crippen LogP contribution < -0.4 is 5.32 Å². The number of likely N-dealkylation sites (N-methyl/N-ethyl adjacent to an activating group) is 1. The number of methoxy groups -OCH3 is 1. The lowest BCUT2D eigenvalue weighted by Crippen LogP contribution is -2.37. The van der Waals surface area contributed by atoms with E-state index in [2.05, 4.69) is 24.2 Å². The van der Waals surface area contributed by atoms with Gasteiger partial charge in [0.05, 0.1) is 6.61 Å². The summed E-state index contributed by atoms with van der Waals surface area (Å²) in [6.07, 6.45) is 4.14. The maximum Gasteiger partial charge on any atom is 0.0589 e. The van der Waals surface area contributed by atoms with Crippen molar-refractivity contribution in [2.24, 2.45) is 5.92 Å². The molecule has 90 valence electrons. The average molecular weight is 214 g/mol. The van der Waals surface area contributed by atoms with Crippen molar-refractivity contribution in [3.05, 3.63) is 0 Å². The van der Waals surface area contributed by atoms with Gasteiger partial charge >= 0.3 is 0 Å². The smallest absolute Gasteiger partial charge is 0.0589 e. The van der Waals surface area contributed by atoms with Crippen LogP contribution in [0.1, 0.15) is 26.2 Å². The number of nitrogens with zero attached hydrogens (tertiary/aromatic N) is 1. The van der Waals surface area contributed by atoms with Crippen LogP contribution in [-0.4, -0.2) is 51.3 Å². The topological polar surface area (TPSA) is 24.5 Å². The third-order valence-electron chi connectivity index (χ3n) is 3.21. The Kier molecular flexibility index (Phi) is 6.22. The zero-order valence-corrected chi connectivity index (χ0v) is 10.5. The standard InChI is InChI=1S/C12H26N2O/c1-4-12(11-5-6-11)13-7-8-14(2)9-10-15-3/h11-13H,4-10H2,1-3H3. The first kappa shape index (κ1) is 12.9. The molecule has 3 heteroatoms. The lowest BCUT2D eigenvalue weighted by atomic mass is 10.1. The van der Waals surface area contributed by atoms with Crippen molar-refractivity contribution in [1.29, 1.82) is 0 Å². The summed E-state index contributed by atoms with van der Waals surface area (Å²) in [4.78, 5) is 2.32. The van der Waals surface area contributed by atoms with Crippen LogP contribution >= 0.6 is 0 Å². The molecule has 0 bridgehead atoms. The minimum absolute atomic E-state index is 0.765. The molecule has 1 aliphatic carbocycles. The molecule has 0 heterocycles. The van der Waals surface area contributed by atoms with Crippen molar-refractivity contribution >= 4 is 0 Å². The fourth-order valence-corrected chi connectivity index (χ4v) is 1.94. The molecule has 1 fully saturated rings. The first-order chi connectivity index (χ1) is 7.27. The number of hydrogen-bond acceptors (Lipinski definition) is 3. The van der Waals surface area contributed by atoms with Gasteiger partial charge in [-0.2, -0.15) is 0 Å². The molecule has 1 atom stereocenters. The first-order valence-corrected chi connectivity index (χ1v) is 6.18. The van der Waals surface area contributed by atoms with Gasteiger partial charge in [0.1, 0.15) is 0 Å². The molecule has 0 amide bonds. The van der Waals surface area contributed by atoms with Crippen molar-refractivity contribution in [2.75, 3.05) is 40.4 Å². The summed E-state index contributed by atoms with van der Waals surface area (Å²) in [7, 11) is 3.91. The van der Waals surface area contributed by atoms with Crippen LogP contribution in [-0.2, 0) is 4.74 Å². The van der Waals surface area contributed by atoms with Gasteiger partial charge < -0.3 is 15.0 Å². The number of rotatable bonds is 9. The number of ether oxygens (including phenoxy) is 1. The van der Waals surface area contributed by atoms with E-state index < -0.39 is 0 Å². The molecule has 1 N–H and O–H groups in total. The third-order valence-corrected chi connectivity index (χ3v) is 3.21. The van der Waals surface area contributed by atoms with Crippen LogP contribution in [0, 0.1) is 5.92 Å². The summed E-state index contributed by atoms with van der Waals surface area (Å²) in [6, 6.07) is 0.765. The fraction of sp³-hybridized carbons (Fsp3) is 1.00. The van der Waals surface area contributed by atoms with Gasteiger partial charge in [-0.1, -0.05) is 6.92 Å². The van der Waals surface area contributed by atoms with E-state index in [1.165, 1.54) is 19.3 Å². The summed E-state index contributed by atoms with van der Waals surface area (Å²) in [6.45, 7) is 6.36. The van der Waals surface area contributed by atoms with E-state index in [4.69, 9.17) is 4.74 Å². The average Bonchev–Trinajstić information content (AvgIpc) is 3.05. The molecular weight excluding hydrogens is 188 g/mol. The number of hydrogen-bond donors (Lipinski definition) is 1. The molecule has 3 nitrogen and oxygen atoms in total. The Labute approximate surface area is 94.2 Å². The van der Waals surface area contributed by atoms with Gasteiger partial charge in [-0.05, 0) is 32.2 Å². The Morgan fingerprint density at radius 3 is 2.67 bits per heavy atom. The fourth-order valence-electron chi connectivity index (χ4n) is 1.94. The lowest BCUT2D eigenvalue weighted by Gasteiger charge is -2.20. The molecule has 0 aliphatic heterocycles. The molecule has 15 heavy (non-hydrogen) atoms. The zero-order valence-electron chi connectivity index (χ0n) is 10.5. The van der Waals surface area contributed by atoms with Gasteiger partial charge in [-0.3, -0.25) is 0 Å². The molecular formula is C12H26N2O. The molecule has 0 spiro atoms. The summed E-state index contributed by atoms with van der Waals surface area (Å²) in [5, 5.41) is 3.66. The zero-order chi connectivity index (χ0) is 11.1. The SMILES string of the molecule is CCC(NCCN(C)CCOC)C1CC1. The second-order valence-electron chi connectivity index (χ2n) is 4.60. The van der Waals surface area contributed by atoms with Crippen LogP contribution in [0.2, 0.25) is 0 Å². The monoisotopic (exact) mass is 214 g/mol. The molecule has 1 aliphatic rings.